The van der Waals surface area contributed by atoms with Crippen molar-refractivity contribution in [3.05, 3.63) is 29.3 Å². The third-order valence-corrected chi connectivity index (χ3v) is 6.81. The Balaban J connectivity index is 1.76. The van der Waals surface area contributed by atoms with Crippen LogP contribution in [0.3, 0.4) is 0 Å². The van der Waals surface area contributed by atoms with E-state index in [-0.39, 0.29) is 17.7 Å². The first-order valence-corrected chi connectivity index (χ1v) is 11.9. The predicted molar refractivity (Wildman–Crippen MR) is 121 cm³/mol. The maximum Gasteiger partial charge on any atom is 0.225 e. The number of hydrogen-bond acceptors (Lipinski definition) is 4. The van der Waals surface area contributed by atoms with Crippen molar-refractivity contribution < 1.29 is 19.1 Å². The van der Waals surface area contributed by atoms with Crippen LogP contribution in [-0.2, 0) is 14.3 Å². The van der Waals surface area contributed by atoms with Crippen LogP contribution in [-0.4, -0.2) is 67.6 Å². The molecule has 0 aromatic heterocycles. The molecule has 1 atom stereocenters. The molecule has 0 aliphatic carbocycles. The minimum absolute atomic E-state index is 0.0444. The SMILES string of the molecule is CCC(CC)C(=O)N1CCC[C@@](COc2ccc(Cl)cc2)(CC(=O)N2CCOCC2)C1. The average Bonchev–Trinajstić information content (AvgIpc) is 2.80. The highest BCUT2D eigenvalue weighted by Crippen LogP contribution is 2.36. The van der Waals surface area contributed by atoms with E-state index in [1.54, 1.807) is 12.1 Å². The van der Waals surface area contributed by atoms with Crippen LogP contribution in [0, 0.1) is 11.3 Å². The molecule has 7 heteroatoms. The van der Waals surface area contributed by atoms with Crippen LogP contribution in [0.15, 0.2) is 24.3 Å². The summed E-state index contributed by atoms with van der Waals surface area (Å²) in [4.78, 5) is 30.1. The van der Waals surface area contributed by atoms with Crippen LogP contribution in [0.1, 0.15) is 46.0 Å². The maximum absolute atomic E-state index is 13.1. The Morgan fingerprint density at radius 3 is 2.42 bits per heavy atom. The molecule has 0 N–H and O–H groups in total. The van der Waals surface area contributed by atoms with Gasteiger partial charge in [0.05, 0.1) is 19.8 Å². The first kappa shape index (κ1) is 23.9. The van der Waals surface area contributed by atoms with Gasteiger partial charge in [0, 0.05) is 49.0 Å². The van der Waals surface area contributed by atoms with E-state index < -0.39 is 5.41 Å². The van der Waals surface area contributed by atoms with E-state index in [9.17, 15) is 9.59 Å². The summed E-state index contributed by atoms with van der Waals surface area (Å²) in [7, 11) is 0. The Hall–Kier alpha value is -1.79. The molecule has 172 valence electrons. The van der Waals surface area contributed by atoms with Crippen molar-refractivity contribution in [2.75, 3.05) is 46.0 Å². The third kappa shape index (κ3) is 6.36. The Bertz CT molecular complexity index is 732. The Kier molecular flexibility index (Phi) is 8.61. The summed E-state index contributed by atoms with van der Waals surface area (Å²) < 4.78 is 11.5. The minimum atomic E-state index is -0.394. The van der Waals surface area contributed by atoms with Crippen molar-refractivity contribution in [1.82, 2.24) is 9.80 Å². The van der Waals surface area contributed by atoms with Gasteiger partial charge >= 0.3 is 0 Å². The fourth-order valence-corrected chi connectivity index (χ4v) is 4.74. The number of morpholine rings is 1. The molecule has 0 unspecified atom stereocenters. The molecule has 2 aliphatic rings. The summed E-state index contributed by atoms with van der Waals surface area (Å²) in [6, 6.07) is 7.28. The lowest BCUT2D eigenvalue weighted by atomic mass is 9.76. The molecule has 1 aromatic carbocycles. The predicted octanol–water partition coefficient (Wildman–Crippen LogP) is 4.01. The topological polar surface area (TPSA) is 59.1 Å². The van der Waals surface area contributed by atoms with Crippen LogP contribution in [0.2, 0.25) is 5.02 Å². The highest BCUT2D eigenvalue weighted by molar-refractivity contribution is 6.30. The molecule has 3 rings (SSSR count). The van der Waals surface area contributed by atoms with Crippen LogP contribution < -0.4 is 4.74 Å². The first-order chi connectivity index (χ1) is 15.0. The molecular formula is C24H35ClN2O4. The monoisotopic (exact) mass is 450 g/mol. The van der Waals surface area contributed by atoms with Gasteiger partial charge in [0.1, 0.15) is 5.75 Å². The van der Waals surface area contributed by atoms with E-state index in [0.717, 1.165) is 38.0 Å². The number of carbonyl (C=O) groups is 2. The summed E-state index contributed by atoms with van der Waals surface area (Å²) in [5.41, 5.74) is -0.394. The van der Waals surface area contributed by atoms with E-state index in [0.29, 0.717) is 50.9 Å². The van der Waals surface area contributed by atoms with Crippen LogP contribution in [0.25, 0.3) is 0 Å². The van der Waals surface area contributed by atoms with E-state index in [2.05, 4.69) is 13.8 Å². The van der Waals surface area contributed by atoms with Crippen LogP contribution in [0.4, 0.5) is 0 Å². The quantitative estimate of drug-likeness (QED) is 0.600. The fourth-order valence-electron chi connectivity index (χ4n) is 4.62. The van der Waals surface area contributed by atoms with Crippen molar-refractivity contribution in [3.8, 4) is 5.75 Å². The van der Waals surface area contributed by atoms with Gasteiger partial charge in [0.2, 0.25) is 11.8 Å². The Morgan fingerprint density at radius 2 is 1.77 bits per heavy atom. The summed E-state index contributed by atoms with van der Waals surface area (Å²) in [5.74, 6) is 1.10. The van der Waals surface area contributed by atoms with Gasteiger partial charge in [-0.05, 0) is 49.9 Å². The number of carbonyl (C=O) groups excluding carboxylic acids is 2. The lowest BCUT2D eigenvalue weighted by Gasteiger charge is -2.44. The molecule has 2 fully saturated rings. The van der Waals surface area contributed by atoms with Gasteiger partial charge in [0.15, 0.2) is 0 Å². The molecule has 0 radical (unpaired) electrons. The van der Waals surface area contributed by atoms with Crippen molar-refractivity contribution >= 4 is 23.4 Å². The zero-order chi connectivity index (χ0) is 22.3. The molecule has 0 bridgehead atoms. The van der Waals surface area contributed by atoms with Crippen LogP contribution in [0.5, 0.6) is 5.75 Å². The normalized spacial score (nSPS) is 21.9. The first-order valence-electron chi connectivity index (χ1n) is 11.5. The molecule has 2 aliphatic heterocycles. The molecule has 6 nitrogen and oxygen atoms in total. The Morgan fingerprint density at radius 1 is 1.10 bits per heavy atom. The molecule has 2 saturated heterocycles. The van der Waals surface area contributed by atoms with E-state index in [1.165, 1.54) is 0 Å². The number of nitrogens with zero attached hydrogens (tertiary/aromatic N) is 2. The number of likely N-dealkylation sites (tertiary alicyclic amines) is 1. The standard InChI is InChI=1S/C24H35ClN2O4/c1-3-19(4-2)23(29)27-11-5-10-24(17-27,16-22(28)26-12-14-30-15-13-26)18-31-21-8-6-20(25)7-9-21/h6-9,19H,3-5,10-18H2,1-2H3/t24-/m1/s1. The second kappa shape index (κ2) is 11.2. The summed E-state index contributed by atoms with van der Waals surface area (Å²) in [5, 5.41) is 0.657. The van der Waals surface area contributed by atoms with Crippen molar-refractivity contribution in [2.45, 2.75) is 46.0 Å². The molecule has 2 amide bonds. The second-order valence-electron chi connectivity index (χ2n) is 8.79. The number of halogens is 1. The van der Waals surface area contributed by atoms with Crippen molar-refractivity contribution in [1.29, 1.82) is 0 Å². The van der Waals surface area contributed by atoms with Gasteiger partial charge in [0.25, 0.3) is 0 Å². The van der Waals surface area contributed by atoms with Crippen molar-refractivity contribution in [2.24, 2.45) is 11.3 Å². The molecule has 31 heavy (non-hydrogen) atoms. The number of hydrogen-bond donors (Lipinski definition) is 0. The molecule has 0 spiro atoms. The summed E-state index contributed by atoms with van der Waals surface area (Å²) >= 11 is 5.99. The number of benzene rings is 1. The highest BCUT2D eigenvalue weighted by atomic mass is 35.5. The van der Waals surface area contributed by atoms with Crippen LogP contribution >= 0.6 is 11.6 Å². The average molecular weight is 451 g/mol. The summed E-state index contributed by atoms with van der Waals surface area (Å²) in [6.07, 6.45) is 3.81. The number of rotatable bonds is 8. The molecular weight excluding hydrogens is 416 g/mol. The number of amides is 2. The van der Waals surface area contributed by atoms with Gasteiger partial charge in [-0.1, -0.05) is 25.4 Å². The number of ether oxygens (including phenoxy) is 2. The van der Waals surface area contributed by atoms with E-state index >= 15 is 0 Å². The van der Waals surface area contributed by atoms with Gasteiger partial charge in [-0.15, -0.1) is 0 Å². The van der Waals surface area contributed by atoms with Gasteiger partial charge in [-0.2, -0.15) is 0 Å². The van der Waals surface area contributed by atoms with Gasteiger partial charge < -0.3 is 19.3 Å². The third-order valence-electron chi connectivity index (χ3n) is 6.56. The smallest absolute Gasteiger partial charge is 0.225 e. The Labute approximate surface area is 190 Å². The van der Waals surface area contributed by atoms with Gasteiger partial charge in [-0.25, -0.2) is 0 Å². The lowest BCUT2D eigenvalue weighted by Crippen LogP contribution is -2.53. The number of piperidine rings is 1. The summed E-state index contributed by atoms with van der Waals surface area (Å²) in [6.45, 7) is 8.27. The molecule has 2 heterocycles. The van der Waals surface area contributed by atoms with Crippen molar-refractivity contribution in [3.63, 3.8) is 0 Å². The molecule has 1 aromatic rings. The zero-order valence-electron chi connectivity index (χ0n) is 18.8. The molecule has 0 saturated carbocycles. The lowest BCUT2D eigenvalue weighted by molar-refractivity contribution is -0.146. The minimum Gasteiger partial charge on any atom is -0.493 e. The van der Waals surface area contributed by atoms with E-state index in [4.69, 9.17) is 21.1 Å². The largest absolute Gasteiger partial charge is 0.493 e. The zero-order valence-corrected chi connectivity index (χ0v) is 19.5. The second-order valence-corrected chi connectivity index (χ2v) is 9.23. The fraction of sp³-hybridized carbons (Fsp3) is 0.667. The maximum atomic E-state index is 13.1. The van der Waals surface area contributed by atoms with E-state index in [1.807, 2.05) is 21.9 Å². The van der Waals surface area contributed by atoms with Gasteiger partial charge in [-0.3, -0.25) is 9.59 Å². The highest BCUT2D eigenvalue weighted by Gasteiger charge is 2.41.